The normalized spacial score (nSPS) is 9.44. The summed E-state index contributed by atoms with van der Waals surface area (Å²) in [5, 5.41) is 0. The second-order valence-corrected chi connectivity index (χ2v) is 3.30. The summed E-state index contributed by atoms with van der Waals surface area (Å²) in [5.74, 6) is 4.10. The maximum Gasteiger partial charge on any atom is 0.127 e. The number of hydrogen-bond donors (Lipinski definition) is 0. The average Bonchev–Trinajstić information content (AvgIpc) is 2.31. The van der Waals surface area contributed by atoms with Gasteiger partial charge in [-0.05, 0) is 29.8 Å². The van der Waals surface area contributed by atoms with Crippen molar-refractivity contribution in [3.63, 3.8) is 0 Å². The van der Waals surface area contributed by atoms with Gasteiger partial charge in [-0.1, -0.05) is 36.3 Å². The highest BCUT2D eigenvalue weighted by Crippen LogP contribution is 2.22. The molecule has 0 aromatic heterocycles. The first kappa shape index (κ1) is 10.3. The Bertz CT molecular complexity index is 494. The third-order valence-electron chi connectivity index (χ3n) is 2.09. The summed E-state index contributed by atoms with van der Waals surface area (Å²) >= 11 is 0. The number of para-hydroxylation sites is 1. The number of hydrogen-bond acceptors (Lipinski definition) is 1. The zero-order valence-electron chi connectivity index (χ0n) is 8.76. The van der Waals surface area contributed by atoms with Crippen molar-refractivity contribution in [3.05, 3.63) is 66.6 Å². The lowest BCUT2D eigenvalue weighted by atomic mass is 10.1. The minimum Gasteiger partial charge on any atom is -0.457 e. The van der Waals surface area contributed by atoms with Gasteiger partial charge in [-0.15, -0.1) is 6.42 Å². The van der Waals surface area contributed by atoms with Crippen molar-refractivity contribution >= 4 is 0 Å². The van der Waals surface area contributed by atoms with Crippen LogP contribution in [-0.2, 0) is 0 Å². The van der Waals surface area contributed by atoms with Crippen LogP contribution in [0, 0.1) is 18.8 Å². The summed E-state index contributed by atoms with van der Waals surface area (Å²) in [6, 6.07) is 17.3. The molecule has 2 rings (SSSR count). The van der Waals surface area contributed by atoms with E-state index in [1.807, 2.05) is 54.6 Å². The quantitative estimate of drug-likeness (QED) is 0.698. The van der Waals surface area contributed by atoms with Gasteiger partial charge < -0.3 is 4.74 Å². The summed E-state index contributed by atoms with van der Waals surface area (Å²) in [4.78, 5) is 0. The molecule has 16 heavy (non-hydrogen) atoms. The molecule has 0 unspecified atom stereocenters. The van der Waals surface area contributed by atoms with Crippen molar-refractivity contribution in [2.45, 2.75) is 0 Å². The SMILES string of the molecule is C#C[CH]c1cccc(Oc2ccccc2)c1. The Morgan fingerprint density at radius 1 is 0.938 bits per heavy atom. The lowest BCUT2D eigenvalue weighted by Crippen LogP contribution is -1.85. The zero-order chi connectivity index (χ0) is 11.2. The molecule has 0 aliphatic heterocycles. The Kier molecular flexibility index (Phi) is 3.25. The van der Waals surface area contributed by atoms with Crippen LogP contribution in [-0.4, -0.2) is 0 Å². The van der Waals surface area contributed by atoms with E-state index >= 15 is 0 Å². The Morgan fingerprint density at radius 3 is 2.44 bits per heavy atom. The van der Waals surface area contributed by atoms with E-state index in [9.17, 15) is 0 Å². The van der Waals surface area contributed by atoms with Crippen molar-refractivity contribution in [1.82, 2.24) is 0 Å². The average molecular weight is 207 g/mol. The minimum absolute atomic E-state index is 0.787. The van der Waals surface area contributed by atoms with Crippen LogP contribution in [0.15, 0.2) is 54.6 Å². The second-order valence-electron chi connectivity index (χ2n) is 3.30. The Labute approximate surface area is 95.7 Å². The Morgan fingerprint density at radius 2 is 1.69 bits per heavy atom. The number of ether oxygens (including phenoxy) is 1. The molecule has 0 bridgehead atoms. The van der Waals surface area contributed by atoms with Gasteiger partial charge in [-0.3, -0.25) is 0 Å². The maximum absolute atomic E-state index is 5.68. The van der Waals surface area contributed by atoms with E-state index in [1.54, 1.807) is 6.42 Å². The van der Waals surface area contributed by atoms with Gasteiger partial charge >= 0.3 is 0 Å². The minimum atomic E-state index is 0.787. The van der Waals surface area contributed by atoms with Crippen LogP contribution in [0.25, 0.3) is 0 Å². The molecule has 0 saturated heterocycles. The number of rotatable bonds is 3. The fraction of sp³-hybridized carbons (Fsp3) is 0. The van der Waals surface area contributed by atoms with Crippen molar-refractivity contribution in [3.8, 4) is 23.8 Å². The fourth-order valence-electron chi connectivity index (χ4n) is 1.39. The molecule has 0 aliphatic carbocycles. The smallest absolute Gasteiger partial charge is 0.127 e. The molecule has 2 aromatic rings. The van der Waals surface area contributed by atoms with E-state index in [0.29, 0.717) is 0 Å². The van der Waals surface area contributed by atoms with Gasteiger partial charge in [-0.2, -0.15) is 0 Å². The van der Waals surface area contributed by atoms with Gasteiger partial charge in [0.25, 0.3) is 0 Å². The van der Waals surface area contributed by atoms with Crippen LogP contribution in [0.3, 0.4) is 0 Å². The van der Waals surface area contributed by atoms with E-state index in [0.717, 1.165) is 17.1 Å². The van der Waals surface area contributed by atoms with Gasteiger partial charge in [0.05, 0.1) is 6.42 Å². The van der Waals surface area contributed by atoms with E-state index in [4.69, 9.17) is 11.2 Å². The molecule has 1 nitrogen and oxygen atoms in total. The van der Waals surface area contributed by atoms with Crippen molar-refractivity contribution in [2.75, 3.05) is 0 Å². The number of terminal acetylenes is 1. The van der Waals surface area contributed by atoms with E-state index in [2.05, 4.69) is 5.92 Å². The molecule has 0 amide bonds. The third-order valence-corrected chi connectivity index (χ3v) is 2.09. The molecule has 1 radical (unpaired) electrons. The lowest BCUT2D eigenvalue weighted by molar-refractivity contribution is 0.482. The first-order chi connectivity index (χ1) is 7.88. The van der Waals surface area contributed by atoms with E-state index in [-0.39, 0.29) is 0 Å². The highest BCUT2D eigenvalue weighted by Gasteiger charge is 1.97. The molecule has 0 heterocycles. The van der Waals surface area contributed by atoms with Crippen molar-refractivity contribution in [1.29, 1.82) is 0 Å². The van der Waals surface area contributed by atoms with Crippen LogP contribution >= 0.6 is 0 Å². The summed E-state index contributed by atoms with van der Waals surface area (Å²) in [6.45, 7) is 0. The molecule has 1 heteroatoms. The van der Waals surface area contributed by atoms with Gasteiger partial charge in [0.1, 0.15) is 11.5 Å². The molecule has 77 valence electrons. The molecule has 0 aliphatic rings. The summed E-state index contributed by atoms with van der Waals surface area (Å²) in [5.41, 5.74) is 0.968. The molecule has 0 saturated carbocycles. The predicted molar refractivity (Wildman–Crippen MR) is 65.2 cm³/mol. The topological polar surface area (TPSA) is 9.23 Å². The molecule has 0 atom stereocenters. The molecule has 0 spiro atoms. The molecule has 2 aromatic carbocycles. The monoisotopic (exact) mass is 207 g/mol. The fourth-order valence-corrected chi connectivity index (χ4v) is 1.39. The van der Waals surface area contributed by atoms with E-state index < -0.39 is 0 Å². The van der Waals surface area contributed by atoms with Crippen LogP contribution in [0.2, 0.25) is 0 Å². The van der Waals surface area contributed by atoms with Crippen LogP contribution in [0.5, 0.6) is 11.5 Å². The molecular formula is C15H11O. The highest BCUT2D eigenvalue weighted by atomic mass is 16.5. The summed E-state index contributed by atoms with van der Waals surface area (Å²) < 4.78 is 5.68. The first-order valence-corrected chi connectivity index (χ1v) is 5.01. The predicted octanol–water partition coefficient (Wildman–Crippen LogP) is 3.66. The molecule has 0 fully saturated rings. The summed E-state index contributed by atoms with van der Waals surface area (Å²) in [6.07, 6.45) is 6.92. The zero-order valence-corrected chi connectivity index (χ0v) is 8.76. The van der Waals surface area contributed by atoms with Gasteiger partial charge in [-0.25, -0.2) is 0 Å². The number of benzene rings is 2. The summed E-state index contributed by atoms with van der Waals surface area (Å²) in [7, 11) is 0. The first-order valence-electron chi connectivity index (χ1n) is 5.01. The van der Waals surface area contributed by atoms with Gasteiger partial charge in [0.15, 0.2) is 0 Å². The largest absolute Gasteiger partial charge is 0.457 e. The third kappa shape index (κ3) is 2.65. The van der Waals surface area contributed by atoms with Crippen LogP contribution < -0.4 is 4.74 Å². The van der Waals surface area contributed by atoms with Crippen LogP contribution in [0.4, 0.5) is 0 Å². The molecular weight excluding hydrogens is 196 g/mol. The Balaban J connectivity index is 2.16. The maximum atomic E-state index is 5.68. The van der Waals surface area contributed by atoms with Gasteiger partial charge in [0.2, 0.25) is 0 Å². The standard InChI is InChI=1S/C15H11O/c1-2-7-13-8-6-11-15(12-13)16-14-9-4-3-5-10-14/h1,3-12H. The van der Waals surface area contributed by atoms with Gasteiger partial charge in [0, 0.05) is 0 Å². The highest BCUT2D eigenvalue weighted by molar-refractivity contribution is 5.39. The van der Waals surface area contributed by atoms with E-state index in [1.165, 1.54) is 0 Å². The Hall–Kier alpha value is -2.20. The lowest BCUT2D eigenvalue weighted by Gasteiger charge is -2.06. The van der Waals surface area contributed by atoms with Crippen LogP contribution in [0.1, 0.15) is 5.56 Å². The molecule has 0 N–H and O–H groups in total. The second kappa shape index (κ2) is 5.04. The van der Waals surface area contributed by atoms with Crippen molar-refractivity contribution in [2.24, 2.45) is 0 Å². The van der Waals surface area contributed by atoms with Crippen molar-refractivity contribution < 1.29 is 4.74 Å².